The summed E-state index contributed by atoms with van der Waals surface area (Å²) in [6.07, 6.45) is -0.167. The van der Waals surface area contributed by atoms with Crippen LogP contribution in [0.4, 0.5) is 0 Å². The summed E-state index contributed by atoms with van der Waals surface area (Å²) in [5.74, 6) is 1.58. The largest absolute Gasteiger partial charge is 0.394 e. The van der Waals surface area contributed by atoms with Gasteiger partial charge in [-0.2, -0.15) is 20.8 Å². The molecule has 2 nitrogen and oxygen atoms in total. The molecule has 0 aromatic heterocycles. The van der Waals surface area contributed by atoms with E-state index in [9.17, 15) is 4.79 Å². The summed E-state index contributed by atoms with van der Waals surface area (Å²) in [6.45, 7) is 12.8. The normalized spacial score (nSPS) is 7.54. The van der Waals surface area contributed by atoms with Gasteiger partial charge in [0.25, 0.3) is 0 Å². The molecule has 1 N–H and O–H groups in total. The molecule has 0 saturated carbocycles. The van der Waals surface area contributed by atoms with Crippen molar-refractivity contribution in [3.63, 3.8) is 0 Å². The maximum Gasteiger partial charge on any atom is 0.126 e. The van der Waals surface area contributed by atoms with Crippen molar-refractivity contribution < 1.29 is 42.6 Å². The minimum absolute atomic E-state index is 0. The minimum Gasteiger partial charge on any atom is -0.394 e. The Morgan fingerprint density at radius 1 is 1.15 bits per heavy atom. The average Bonchev–Trinajstić information content (AvgIpc) is 1.54. The van der Waals surface area contributed by atoms with Crippen LogP contribution in [0.5, 0.6) is 0 Å². The van der Waals surface area contributed by atoms with Gasteiger partial charge in [-0.15, -0.1) is 0 Å². The van der Waals surface area contributed by atoms with Crippen molar-refractivity contribution in [1.82, 2.24) is 0 Å². The average molecular weight is 264 g/mol. The topological polar surface area (TPSA) is 37.3 Å². The molecule has 0 aliphatic rings. The van der Waals surface area contributed by atoms with Gasteiger partial charge < -0.3 is 15.8 Å². The SMILES string of the molecule is CC(C)=O.CC(C)O.C[C-](C)C.[Y]. The zero-order valence-corrected chi connectivity index (χ0v) is 12.8. The van der Waals surface area contributed by atoms with Crippen LogP contribution in [0.2, 0.25) is 0 Å². The van der Waals surface area contributed by atoms with Gasteiger partial charge in [0.2, 0.25) is 0 Å². The Morgan fingerprint density at radius 3 is 1.15 bits per heavy atom. The van der Waals surface area contributed by atoms with E-state index in [2.05, 4.69) is 20.8 Å². The quantitative estimate of drug-likeness (QED) is 0.683. The Bertz CT molecular complexity index is 75.4. The minimum atomic E-state index is -0.167. The monoisotopic (exact) mass is 264 g/mol. The van der Waals surface area contributed by atoms with E-state index >= 15 is 0 Å². The van der Waals surface area contributed by atoms with Crippen LogP contribution in [-0.2, 0) is 37.5 Å². The van der Waals surface area contributed by atoms with Gasteiger partial charge in [0.1, 0.15) is 5.78 Å². The standard InChI is InChI=1S/C4H9.C3H8O.C3H6O.Y/c1-4(2)3;2*1-3(2)4;/h1-3H3;3-4H,1-2H3;1-2H3;/q-1;;;. The van der Waals surface area contributed by atoms with Crippen molar-refractivity contribution in [2.75, 3.05) is 0 Å². The predicted octanol–water partition coefficient (Wildman–Crippen LogP) is 2.60. The first-order valence-electron chi connectivity index (χ1n) is 4.12. The van der Waals surface area contributed by atoms with Crippen LogP contribution < -0.4 is 0 Å². The number of carbonyl (C=O) groups is 1. The Labute approximate surface area is 108 Å². The third-order valence-electron chi connectivity index (χ3n) is 0. The van der Waals surface area contributed by atoms with E-state index < -0.39 is 0 Å². The third kappa shape index (κ3) is 2720. The Morgan fingerprint density at radius 2 is 1.15 bits per heavy atom. The number of aliphatic hydroxyl groups is 1. The van der Waals surface area contributed by atoms with Crippen LogP contribution in [-0.4, -0.2) is 17.0 Å². The number of Topliss-reactive ketones (excluding diaryl/α,β-unsaturated/α-hetero) is 1. The van der Waals surface area contributed by atoms with Crippen molar-refractivity contribution in [2.45, 2.75) is 54.6 Å². The van der Waals surface area contributed by atoms with Crippen molar-refractivity contribution in [3.8, 4) is 0 Å². The molecule has 0 fully saturated rings. The summed E-state index contributed by atoms with van der Waals surface area (Å²) in [5, 5.41) is 8.06. The Balaban J connectivity index is -0.0000000450. The molecule has 0 unspecified atom stereocenters. The third-order valence-corrected chi connectivity index (χ3v) is 0. The fourth-order valence-electron chi connectivity index (χ4n) is 0. The molecular weight excluding hydrogens is 241 g/mol. The summed E-state index contributed by atoms with van der Waals surface area (Å²) >= 11 is 0. The zero-order chi connectivity index (χ0) is 10.7. The number of ketones is 1. The van der Waals surface area contributed by atoms with Crippen LogP contribution in [0.1, 0.15) is 48.5 Å². The molecule has 79 valence electrons. The second-order valence-electron chi connectivity index (χ2n) is 3.50. The summed E-state index contributed by atoms with van der Waals surface area (Å²) in [5.41, 5.74) is 0. The molecule has 0 aliphatic carbocycles. The van der Waals surface area contributed by atoms with Crippen LogP contribution in [0, 0.1) is 5.92 Å². The van der Waals surface area contributed by atoms with Gasteiger partial charge in [-0.3, -0.25) is 0 Å². The molecule has 0 spiro atoms. The molecule has 1 radical (unpaired) electrons. The molecule has 0 saturated heterocycles. The smallest absolute Gasteiger partial charge is 0.126 e. The summed E-state index contributed by atoms with van der Waals surface area (Å²) < 4.78 is 0. The van der Waals surface area contributed by atoms with Crippen LogP contribution in [0.25, 0.3) is 0 Å². The molecule has 0 amide bonds. The molecule has 0 aliphatic heterocycles. The van der Waals surface area contributed by atoms with E-state index in [0.29, 0.717) is 0 Å². The van der Waals surface area contributed by atoms with Crippen LogP contribution in [0.15, 0.2) is 0 Å². The van der Waals surface area contributed by atoms with Crippen molar-refractivity contribution in [3.05, 3.63) is 5.92 Å². The van der Waals surface area contributed by atoms with Gasteiger partial charge in [-0.25, -0.2) is 0 Å². The van der Waals surface area contributed by atoms with E-state index in [0.717, 1.165) is 0 Å². The van der Waals surface area contributed by atoms with E-state index in [4.69, 9.17) is 5.11 Å². The molecule has 0 heterocycles. The molecule has 13 heavy (non-hydrogen) atoms. The van der Waals surface area contributed by atoms with Gasteiger partial charge >= 0.3 is 0 Å². The van der Waals surface area contributed by atoms with Gasteiger partial charge in [-0.1, -0.05) is 0 Å². The molecule has 0 aromatic carbocycles. The van der Waals surface area contributed by atoms with Crippen LogP contribution in [0.3, 0.4) is 0 Å². The first-order valence-corrected chi connectivity index (χ1v) is 4.12. The van der Waals surface area contributed by atoms with Crippen molar-refractivity contribution >= 4 is 5.78 Å². The summed E-state index contributed by atoms with van der Waals surface area (Å²) in [4.78, 5) is 9.44. The molecule has 0 rings (SSSR count). The zero-order valence-electron chi connectivity index (χ0n) is 10.0. The number of hydrogen-bond acceptors (Lipinski definition) is 2. The second kappa shape index (κ2) is 18.5. The van der Waals surface area contributed by atoms with E-state index in [-0.39, 0.29) is 44.6 Å². The summed E-state index contributed by atoms with van der Waals surface area (Å²) in [6, 6.07) is 0. The molecular formula is C10H23O2Y-. The molecule has 0 atom stereocenters. The number of rotatable bonds is 0. The fraction of sp³-hybridized carbons (Fsp3) is 0.800. The summed E-state index contributed by atoms with van der Waals surface area (Å²) in [7, 11) is 0. The van der Waals surface area contributed by atoms with Gasteiger partial charge in [0, 0.05) is 38.8 Å². The molecule has 3 heteroatoms. The number of carbonyl (C=O) groups excluding carboxylic acids is 1. The maximum atomic E-state index is 9.44. The van der Waals surface area contributed by atoms with Crippen LogP contribution >= 0.6 is 0 Å². The Kier molecular flexibility index (Phi) is 33.5. The Hall–Kier alpha value is 0.734. The van der Waals surface area contributed by atoms with Gasteiger partial charge in [0.15, 0.2) is 0 Å². The van der Waals surface area contributed by atoms with Gasteiger partial charge in [-0.05, 0) is 27.7 Å². The van der Waals surface area contributed by atoms with E-state index in [1.807, 2.05) is 0 Å². The van der Waals surface area contributed by atoms with Gasteiger partial charge in [0.05, 0.1) is 0 Å². The van der Waals surface area contributed by atoms with Crippen molar-refractivity contribution in [1.29, 1.82) is 0 Å². The predicted molar refractivity (Wildman–Crippen MR) is 54.0 cm³/mol. The van der Waals surface area contributed by atoms with E-state index in [1.54, 1.807) is 13.8 Å². The second-order valence-corrected chi connectivity index (χ2v) is 3.50. The first-order chi connectivity index (χ1) is 5.20. The van der Waals surface area contributed by atoms with Crippen molar-refractivity contribution in [2.24, 2.45) is 0 Å². The number of hydrogen-bond donors (Lipinski definition) is 1. The van der Waals surface area contributed by atoms with E-state index in [1.165, 1.54) is 19.8 Å². The maximum absolute atomic E-state index is 9.44. The molecule has 0 aromatic rings. The first kappa shape index (κ1) is 23.5. The number of aliphatic hydroxyl groups excluding tert-OH is 1. The molecule has 0 bridgehead atoms. The fourth-order valence-corrected chi connectivity index (χ4v) is 0.